The fourth-order valence-corrected chi connectivity index (χ4v) is 1.75. The molecule has 1 radical (unpaired) electrons. The van der Waals surface area contributed by atoms with Crippen LogP contribution in [0.4, 0.5) is 0 Å². The van der Waals surface area contributed by atoms with Gasteiger partial charge in [0, 0.05) is 0 Å². The lowest BCUT2D eigenvalue weighted by Crippen LogP contribution is -2.00. The summed E-state index contributed by atoms with van der Waals surface area (Å²) in [6, 6.07) is 1.26. The number of unbranched alkanes of at least 4 members (excludes halogenated alkanes) is 1. The largest absolute Gasteiger partial charge is 0.122 e. The molecule has 0 amide bonds. The summed E-state index contributed by atoms with van der Waals surface area (Å²) in [5.74, 6) is 0. The van der Waals surface area contributed by atoms with Crippen molar-refractivity contribution in [3.63, 3.8) is 0 Å². The standard InChI is InChI=1S/C7H13Si/c1-4-6-7-8(3)5-2/h8H,4,6-7H2,1,3H3. The molecule has 0 aliphatic heterocycles. The Hall–Kier alpha value is -0.223. The predicted molar refractivity (Wildman–Crippen MR) is 39.9 cm³/mol. The van der Waals surface area contributed by atoms with E-state index in [0.717, 1.165) is 0 Å². The van der Waals surface area contributed by atoms with Crippen molar-refractivity contribution in [2.75, 3.05) is 0 Å². The smallest absolute Gasteiger partial charge is 0.121 e. The summed E-state index contributed by atoms with van der Waals surface area (Å²) in [5.41, 5.74) is 2.59. The van der Waals surface area contributed by atoms with Crippen LogP contribution < -0.4 is 0 Å². The lowest BCUT2D eigenvalue weighted by Gasteiger charge is -1.96. The van der Waals surface area contributed by atoms with Gasteiger partial charge in [-0.3, -0.25) is 0 Å². The third-order valence-electron chi connectivity index (χ3n) is 1.24. The van der Waals surface area contributed by atoms with E-state index in [-0.39, 0.29) is 0 Å². The Labute approximate surface area is 53.9 Å². The fraction of sp³-hybridized carbons (Fsp3) is 0.714. The second kappa shape index (κ2) is 4.92. The molecule has 1 heteroatoms. The molecule has 1 unspecified atom stereocenters. The van der Waals surface area contributed by atoms with E-state index >= 15 is 0 Å². The van der Waals surface area contributed by atoms with Crippen molar-refractivity contribution in [2.45, 2.75) is 32.4 Å². The molecule has 0 fully saturated rings. The molecule has 0 bridgehead atoms. The van der Waals surface area contributed by atoms with Gasteiger partial charge in [-0.15, -0.1) is 5.54 Å². The van der Waals surface area contributed by atoms with Crippen LogP contribution in [0.15, 0.2) is 0 Å². The molecule has 0 aromatic carbocycles. The fourth-order valence-electron chi connectivity index (χ4n) is 0.582. The lowest BCUT2D eigenvalue weighted by atomic mass is 10.4. The molecule has 0 heterocycles. The van der Waals surface area contributed by atoms with Gasteiger partial charge in [-0.05, 0) is 12.5 Å². The molecule has 0 aliphatic carbocycles. The van der Waals surface area contributed by atoms with Crippen LogP contribution in [0.5, 0.6) is 0 Å². The van der Waals surface area contributed by atoms with Crippen molar-refractivity contribution in [3.8, 4) is 5.54 Å². The van der Waals surface area contributed by atoms with Gasteiger partial charge in [0.1, 0.15) is 8.80 Å². The summed E-state index contributed by atoms with van der Waals surface area (Å²) in [7, 11) is -0.782. The number of rotatable bonds is 3. The summed E-state index contributed by atoms with van der Waals surface area (Å²) < 4.78 is 0. The summed E-state index contributed by atoms with van der Waals surface area (Å²) in [5, 5.41) is 0. The molecule has 0 N–H and O–H groups in total. The number of hydrogen-bond donors (Lipinski definition) is 0. The Morgan fingerprint density at radius 1 is 1.62 bits per heavy atom. The summed E-state index contributed by atoms with van der Waals surface area (Å²) in [6.45, 7) is 4.35. The predicted octanol–water partition coefficient (Wildman–Crippen LogP) is 1.77. The van der Waals surface area contributed by atoms with Crippen LogP contribution in [0.1, 0.15) is 19.8 Å². The van der Waals surface area contributed by atoms with Gasteiger partial charge in [0.05, 0.1) is 0 Å². The molecule has 0 aromatic heterocycles. The zero-order valence-electron chi connectivity index (χ0n) is 5.70. The van der Waals surface area contributed by atoms with Crippen molar-refractivity contribution >= 4 is 8.80 Å². The molecule has 1 atom stereocenters. The summed E-state index contributed by atoms with van der Waals surface area (Å²) in [4.78, 5) is 0. The molecule has 45 valence electrons. The van der Waals surface area contributed by atoms with Crippen LogP contribution in [0, 0.1) is 12.0 Å². The van der Waals surface area contributed by atoms with Gasteiger partial charge in [-0.2, -0.15) is 0 Å². The van der Waals surface area contributed by atoms with Crippen LogP contribution in [-0.2, 0) is 0 Å². The van der Waals surface area contributed by atoms with E-state index < -0.39 is 8.80 Å². The highest BCUT2D eigenvalue weighted by Gasteiger charge is 1.95. The quantitative estimate of drug-likeness (QED) is 0.398. The SMILES string of the molecule is [C]#C[SiH](C)CCCC. The second-order valence-corrected chi connectivity index (χ2v) is 4.86. The summed E-state index contributed by atoms with van der Waals surface area (Å²) in [6.07, 6.45) is 9.35. The normalized spacial score (nSPS) is 12.6. The van der Waals surface area contributed by atoms with E-state index in [9.17, 15) is 0 Å². The molecule has 0 aromatic rings. The molecule has 8 heavy (non-hydrogen) atoms. The third-order valence-corrected chi connectivity index (χ3v) is 3.00. The first kappa shape index (κ1) is 7.78. The van der Waals surface area contributed by atoms with Gasteiger partial charge < -0.3 is 0 Å². The second-order valence-electron chi connectivity index (χ2n) is 2.19. The maximum Gasteiger partial charge on any atom is 0.121 e. The van der Waals surface area contributed by atoms with Gasteiger partial charge >= 0.3 is 0 Å². The van der Waals surface area contributed by atoms with Crippen LogP contribution >= 0.6 is 0 Å². The maximum absolute atomic E-state index is 6.80. The molecule has 0 aliphatic rings. The Balaban J connectivity index is 3.02. The minimum Gasteiger partial charge on any atom is -0.122 e. The molecular weight excluding hydrogens is 112 g/mol. The lowest BCUT2D eigenvalue weighted by molar-refractivity contribution is 0.877. The highest BCUT2D eigenvalue weighted by molar-refractivity contribution is 6.65. The number of hydrogen-bond acceptors (Lipinski definition) is 0. The molecule has 0 saturated carbocycles. The van der Waals surface area contributed by atoms with Crippen molar-refractivity contribution < 1.29 is 0 Å². The highest BCUT2D eigenvalue weighted by Crippen LogP contribution is 1.98. The van der Waals surface area contributed by atoms with Crippen molar-refractivity contribution in [1.29, 1.82) is 0 Å². The average Bonchev–Trinajstić information content (AvgIpc) is 1.83. The highest BCUT2D eigenvalue weighted by atomic mass is 28.3. The van der Waals surface area contributed by atoms with Gasteiger partial charge in [0.25, 0.3) is 0 Å². The van der Waals surface area contributed by atoms with E-state index in [1.165, 1.54) is 18.9 Å². The Morgan fingerprint density at radius 2 is 2.25 bits per heavy atom. The average molecular weight is 125 g/mol. The van der Waals surface area contributed by atoms with Crippen LogP contribution in [0.25, 0.3) is 0 Å². The zero-order chi connectivity index (χ0) is 6.41. The van der Waals surface area contributed by atoms with Gasteiger partial charge in [-0.1, -0.05) is 26.3 Å². The third kappa shape index (κ3) is 3.95. The monoisotopic (exact) mass is 125 g/mol. The van der Waals surface area contributed by atoms with E-state index in [2.05, 4.69) is 19.0 Å². The van der Waals surface area contributed by atoms with Crippen LogP contribution in [0.2, 0.25) is 12.6 Å². The van der Waals surface area contributed by atoms with E-state index in [1.54, 1.807) is 0 Å². The first-order chi connectivity index (χ1) is 3.81. The van der Waals surface area contributed by atoms with Gasteiger partial charge in [-0.25, -0.2) is 0 Å². The Morgan fingerprint density at radius 3 is 2.62 bits per heavy atom. The molecular formula is C7H13Si. The van der Waals surface area contributed by atoms with Gasteiger partial charge in [0.15, 0.2) is 0 Å². The van der Waals surface area contributed by atoms with E-state index in [0.29, 0.717) is 0 Å². The van der Waals surface area contributed by atoms with E-state index in [1.807, 2.05) is 0 Å². The minimum atomic E-state index is -0.782. The summed E-state index contributed by atoms with van der Waals surface area (Å²) >= 11 is 0. The minimum absolute atomic E-state index is 0.782. The van der Waals surface area contributed by atoms with Crippen molar-refractivity contribution in [3.05, 3.63) is 6.42 Å². The Bertz CT molecular complexity index is 80.9. The van der Waals surface area contributed by atoms with E-state index in [4.69, 9.17) is 6.42 Å². The molecule has 0 spiro atoms. The van der Waals surface area contributed by atoms with Crippen molar-refractivity contribution in [1.82, 2.24) is 0 Å². The molecule has 0 rings (SSSR count). The van der Waals surface area contributed by atoms with Gasteiger partial charge in [0.2, 0.25) is 0 Å². The maximum atomic E-state index is 6.80. The molecule has 0 nitrogen and oxygen atoms in total. The molecule has 0 saturated heterocycles. The van der Waals surface area contributed by atoms with Crippen molar-refractivity contribution in [2.24, 2.45) is 0 Å². The zero-order valence-corrected chi connectivity index (χ0v) is 6.85. The first-order valence-electron chi connectivity index (χ1n) is 3.23. The topological polar surface area (TPSA) is 0 Å². The van der Waals surface area contributed by atoms with Crippen LogP contribution in [-0.4, -0.2) is 8.80 Å². The Kier molecular flexibility index (Phi) is 4.79. The van der Waals surface area contributed by atoms with Crippen LogP contribution in [0.3, 0.4) is 0 Å². The first-order valence-corrected chi connectivity index (χ1v) is 5.78.